The van der Waals surface area contributed by atoms with Gasteiger partial charge < -0.3 is 0 Å². The van der Waals surface area contributed by atoms with E-state index in [0.717, 1.165) is 12.1 Å². The summed E-state index contributed by atoms with van der Waals surface area (Å²) in [4.78, 5) is 0. The number of alkyl halides is 4. The van der Waals surface area contributed by atoms with E-state index in [0.29, 0.717) is 0 Å². The molecule has 0 saturated heterocycles. The fraction of sp³-hybridized carbons (Fsp3) is 0.333. The Hall–Kier alpha value is -1.20. The minimum Gasteiger partial charge on any atom is -0.203 e. The van der Waals surface area contributed by atoms with E-state index in [1.165, 1.54) is 0 Å². The van der Waals surface area contributed by atoms with Crippen LogP contribution in [0, 0.1) is 0 Å². The molecule has 0 aliphatic rings. The Morgan fingerprint density at radius 1 is 0.833 bits per heavy atom. The van der Waals surface area contributed by atoms with Gasteiger partial charge in [0.05, 0.1) is 0 Å². The molecule has 6 heteroatoms. The molecule has 0 bridgehead atoms. The normalized spacial score (nSPS) is 11.2. The molecule has 0 fully saturated rings. The average Bonchev–Trinajstić information content (AvgIpc) is 2.04. The van der Waals surface area contributed by atoms with Crippen molar-refractivity contribution >= 4 is 0 Å². The highest BCUT2D eigenvalue weighted by atomic mass is 19.3. The minimum absolute atomic E-state index is 0.598. The van der Waals surface area contributed by atoms with Gasteiger partial charge in [0.25, 0.3) is 12.9 Å². The molecule has 1 aromatic rings. The van der Waals surface area contributed by atoms with Gasteiger partial charge in [-0.15, -0.1) is 10.2 Å². The van der Waals surface area contributed by atoms with Crippen LogP contribution in [0.5, 0.6) is 0 Å². The van der Waals surface area contributed by atoms with Gasteiger partial charge in [0.15, 0.2) is 0 Å². The van der Waals surface area contributed by atoms with Crippen LogP contribution in [0.1, 0.15) is 24.2 Å². The first-order valence-electron chi connectivity index (χ1n) is 3.01. The molecular weight excluding hydrogens is 176 g/mol. The number of rotatable bonds is 2. The Bertz CT molecular complexity index is 219. The first-order valence-corrected chi connectivity index (χ1v) is 3.01. The fourth-order valence-electron chi connectivity index (χ4n) is 0.586. The van der Waals surface area contributed by atoms with E-state index >= 15 is 0 Å². The highest BCUT2D eigenvalue weighted by molar-refractivity contribution is 5.08. The number of halogens is 4. The van der Waals surface area contributed by atoms with Crippen LogP contribution in [0.3, 0.4) is 0 Å². The Morgan fingerprint density at radius 2 is 1.17 bits per heavy atom. The maximum Gasteiger partial charge on any atom is 0.282 e. The molecule has 0 amide bonds. The largest absolute Gasteiger partial charge is 0.282 e. The Balaban J connectivity index is 2.86. The lowest BCUT2D eigenvalue weighted by molar-refractivity contribution is 0.136. The molecule has 0 saturated carbocycles. The lowest BCUT2D eigenvalue weighted by atomic mass is 10.3. The fourth-order valence-corrected chi connectivity index (χ4v) is 0.586. The average molecular weight is 180 g/mol. The van der Waals surface area contributed by atoms with E-state index in [1.807, 2.05) is 0 Å². The summed E-state index contributed by atoms with van der Waals surface area (Å²) in [7, 11) is 0. The maximum absolute atomic E-state index is 11.8. The summed E-state index contributed by atoms with van der Waals surface area (Å²) in [6.07, 6.45) is -5.55. The molecule has 1 heterocycles. The van der Waals surface area contributed by atoms with Crippen molar-refractivity contribution in [3.63, 3.8) is 0 Å². The summed E-state index contributed by atoms with van der Waals surface area (Å²) in [6, 6.07) is 1.66. The third kappa shape index (κ3) is 1.90. The molecular formula is C6H4F4N2. The van der Waals surface area contributed by atoms with E-state index in [-0.39, 0.29) is 0 Å². The highest BCUT2D eigenvalue weighted by Crippen LogP contribution is 2.18. The predicted octanol–water partition coefficient (Wildman–Crippen LogP) is 2.35. The summed E-state index contributed by atoms with van der Waals surface area (Å²) in [5.41, 5.74) is -1.20. The van der Waals surface area contributed by atoms with Crippen molar-refractivity contribution in [1.29, 1.82) is 0 Å². The summed E-state index contributed by atoms with van der Waals surface area (Å²) >= 11 is 0. The van der Waals surface area contributed by atoms with Crippen molar-refractivity contribution in [2.24, 2.45) is 0 Å². The molecule has 0 aliphatic heterocycles. The quantitative estimate of drug-likeness (QED) is 0.653. The van der Waals surface area contributed by atoms with Crippen molar-refractivity contribution in [1.82, 2.24) is 10.2 Å². The van der Waals surface area contributed by atoms with E-state index < -0.39 is 24.2 Å². The summed E-state index contributed by atoms with van der Waals surface area (Å²) in [5, 5.41) is 5.84. The van der Waals surface area contributed by atoms with Gasteiger partial charge in [0.2, 0.25) is 0 Å². The zero-order valence-electron chi connectivity index (χ0n) is 5.72. The molecule has 0 spiro atoms. The molecule has 0 N–H and O–H groups in total. The summed E-state index contributed by atoms with van der Waals surface area (Å²) in [5.74, 6) is 0. The lowest BCUT2D eigenvalue weighted by Gasteiger charge is -1.98. The molecule has 0 aliphatic carbocycles. The molecule has 0 aromatic carbocycles. The Kier molecular flexibility index (Phi) is 2.57. The predicted molar refractivity (Wildman–Crippen MR) is 31.9 cm³/mol. The van der Waals surface area contributed by atoms with Gasteiger partial charge in [0, 0.05) is 0 Å². The SMILES string of the molecule is FC(F)c1ccc(C(F)F)nn1. The van der Waals surface area contributed by atoms with E-state index in [1.54, 1.807) is 0 Å². The first-order chi connectivity index (χ1) is 5.61. The van der Waals surface area contributed by atoms with Crippen LogP contribution >= 0.6 is 0 Å². The van der Waals surface area contributed by atoms with Crippen molar-refractivity contribution in [2.45, 2.75) is 12.9 Å². The number of nitrogens with zero attached hydrogens (tertiary/aromatic N) is 2. The third-order valence-corrected chi connectivity index (χ3v) is 1.15. The van der Waals surface area contributed by atoms with Crippen molar-refractivity contribution in [2.75, 3.05) is 0 Å². The number of aromatic nitrogens is 2. The molecule has 12 heavy (non-hydrogen) atoms. The zero-order chi connectivity index (χ0) is 9.14. The van der Waals surface area contributed by atoms with Crippen molar-refractivity contribution < 1.29 is 17.6 Å². The molecule has 1 rings (SSSR count). The Morgan fingerprint density at radius 3 is 1.33 bits per heavy atom. The molecule has 0 atom stereocenters. The van der Waals surface area contributed by atoms with Crippen LogP contribution < -0.4 is 0 Å². The maximum atomic E-state index is 11.8. The Labute approximate surface area is 65.2 Å². The van der Waals surface area contributed by atoms with Gasteiger partial charge in [-0.05, 0) is 12.1 Å². The second-order valence-electron chi connectivity index (χ2n) is 1.98. The van der Waals surface area contributed by atoms with Gasteiger partial charge >= 0.3 is 0 Å². The molecule has 0 radical (unpaired) electrons. The highest BCUT2D eigenvalue weighted by Gasteiger charge is 2.12. The minimum atomic E-state index is -2.77. The summed E-state index contributed by atoms with van der Waals surface area (Å²) in [6.45, 7) is 0. The second-order valence-corrected chi connectivity index (χ2v) is 1.98. The molecule has 66 valence electrons. The second kappa shape index (κ2) is 3.46. The van der Waals surface area contributed by atoms with E-state index in [4.69, 9.17) is 0 Å². The topological polar surface area (TPSA) is 25.8 Å². The summed E-state index contributed by atoms with van der Waals surface area (Å²) < 4.78 is 47.2. The van der Waals surface area contributed by atoms with Gasteiger partial charge in [-0.1, -0.05) is 0 Å². The van der Waals surface area contributed by atoms with Crippen molar-refractivity contribution in [3.05, 3.63) is 23.5 Å². The smallest absolute Gasteiger partial charge is 0.203 e. The van der Waals surface area contributed by atoms with Gasteiger partial charge in [-0.2, -0.15) is 0 Å². The standard InChI is InChI=1S/C6H4F4N2/c7-5(8)3-1-2-4(6(9)10)12-11-3/h1-2,5-6H. The number of hydrogen-bond acceptors (Lipinski definition) is 2. The van der Waals surface area contributed by atoms with Gasteiger partial charge in [0.1, 0.15) is 11.4 Å². The van der Waals surface area contributed by atoms with E-state index in [2.05, 4.69) is 10.2 Å². The number of hydrogen-bond donors (Lipinski definition) is 0. The van der Waals surface area contributed by atoms with Gasteiger partial charge in [-0.3, -0.25) is 0 Å². The van der Waals surface area contributed by atoms with Gasteiger partial charge in [-0.25, -0.2) is 17.6 Å². The lowest BCUT2D eigenvalue weighted by Crippen LogP contribution is -1.97. The zero-order valence-corrected chi connectivity index (χ0v) is 5.72. The van der Waals surface area contributed by atoms with E-state index in [9.17, 15) is 17.6 Å². The van der Waals surface area contributed by atoms with Crippen LogP contribution in [0.15, 0.2) is 12.1 Å². The van der Waals surface area contributed by atoms with Crippen molar-refractivity contribution in [3.8, 4) is 0 Å². The molecule has 1 aromatic heterocycles. The van der Waals surface area contributed by atoms with Crippen LogP contribution in [0.2, 0.25) is 0 Å². The molecule has 2 nitrogen and oxygen atoms in total. The van der Waals surface area contributed by atoms with Crippen LogP contribution in [-0.2, 0) is 0 Å². The first kappa shape index (κ1) is 8.89. The van der Waals surface area contributed by atoms with Crippen LogP contribution in [0.4, 0.5) is 17.6 Å². The van der Waals surface area contributed by atoms with Crippen LogP contribution in [-0.4, -0.2) is 10.2 Å². The monoisotopic (exact) mass is 180 g/mol. The van der Waals surface area contributed by atoms with Crippen LogP contribution in [0.25, 0.3) is 0 Å². The third-order valence-electron chi connectivity index (χ3n) is 1.15. The molecule has 0 unspecified atom stereocenters.